The van der Waals surface area contributed by atoms with Crippen molar-refractivity contribution in [2.24, 2.45) is 0 Å². The molecule has 0 spiro atoms. The van der Waals surface area contributed by atoms with Crippen LogP contribution in [0.4, 0.5) is 0 Å². The second-order valence-electron chi connectivity index (χ2n) is 3.96. The summed E-state index contributed by atoms with van der Waals surface area (Å²) in [5.41, 5.74) is 3.69. The van der Waals surface area contributed by atoms with Gasteiger partial charge in [-0.15, -0.1) is 0 Å². The molecule has 0 atom stereocenters. The van der Waals surface area contributed by atoms with E-state index >= 15 is 0 Å². The van der Waals surface area contributed by atoms with E-state index in [0.717, 1.165) is 6.29 Å². The van der Waals surface area contributed by atoms with Crippen LogP contribution in [0.5, 0.6) is 0 Å². The predicted octanol–water partition coefficient (Wildman–Crippen LogP) is 2.36. The van der Waals surface area contributed by atoms with Gasteiger partial charge in [0.25, 0.3) is 0 Å². The lowest BCUT2D eigenvalue weighted by Crippen LogP contribution is -2.04. The van der Waals surface area contributed by atoms with Gasteiger partial charge in [0, 0.05) is 18.9 Å². The van der Waals surface area contributed by atoms with Gasteiger partial charge in [-0.2, -0.15) is 0 Å². The third-order valence-electron chi connectivity index (χ3n) is 2.70. The van der Waals surface area contributed by atoms with Gasteiger partial charge < -0.3 is 4.57 Å². The monoisotopic (exact) mass is 214 g/mol. The van der Waals surface area contributed by atoms with Crippen molar-refractivity contribution in [3.8, 4) is 0 Å². The summed E-state index contributed by atoms with van der Waals surface area (Å²) in [6.07, 6.45) is 4.26. The minimum Gasteiger partial charge on any atom is -0.324 e. The molecule has 16 heavy (non-hydrogen) atoms. The number of aldehydes is 1. The SMILES string of the molecule is Cc1ccc(C)c(Cn2ccnc2C=O)c1. The molecule has 1 aromatic heterocycles. The molecule has 0 radical (unpaired) electrons. The fourth-order valence-electron chi connectivity index (χ4n) is 1.73. The second-order valence-corrected chi connectivity index (χ2v) is 3.96. The Morgan fingerprint density at radius 1 is 1.38 bits per heavy atom. The van der Waals surface area contributed by atoms with Crippen molar-refractivity contribution in [2.75, 3.05) is 0 Å². The maximum absolute atomic E-state index is 10.7. The highest BCUT2D eigenvalue weighted by Crippen LogP contribution is 2.12. The summed E-state index contributed by atoms with van der Waals surface area (Å²) in [5.74, 6) is 0.473. The molecule has 0 saturated heterocycles. The number of imidazole rings is 1. The van der Waals surface area contributed by atoms with Crippen molar-refractivity contribution >= 4 is 6.29 Å². The third kappa shape index (κ3) is 2.03. The Kier molecular flexibility index (Phi) is 2.86. The summed E-state index contributed by atoms with van der Waals surface area (Å²) in [4.78, 5) is 14.7. The zero-order valence-corrected chi connectivity index (χ0v) is 9.47. The van der Waals surface area contributed by atoms with Crippen LogP contribution in [0.2, 0.25) is 0 Å². The van der Waals surface area contributed by atoms with Gasteiger partial charge >= 0.3 is 0 Å². The molecule has 0 unspecified atom stereocenters. The molecule has 0 aliphatic carbocycles. The second kappa shape index (κ2) is 4.31. The smallest absolute Gasteiger partial charge is 0.185 e. The number of hydrogen-bond acceptors (Lipinski definition) is 2. The van der Waals surface area contributed by atoms with E-state index in [1.807, 2.05) is 10.8 Å². The van der Waals surface area contributed by atoms with Crippen LogP contribution in [0, 0.1) is 13.8 Å². The van der Waals surface area contributed by atoms with Gasteiger partial charge in [-0.3, -0.25) is 4.79 Å². The number of nitrogens with zero attached hydrogens (tertiary/aromatic N) is 2. The minimum atomic E-state index is 0.473. The number of rotatable bonds is 3. The number of benzene rings is 1. The Morgan fingerprint density at radius 3 is 2.94 bits per heavy atom. The lowest BCUT2D eigenvalue weighted by Gasteiger charge is -2.08. The number of aromatic nitrogens is 2. The first-order valence-corrected chi connectivity index (χ1v) is 5.23. The molecule has 0 bridgehead atoms. The topological polar surface area (TPSA) is 34.9 Å². The Morgan fingerprint density at radius 2 is 2.19 bits per heavy atom. The average Bonchev–Trinajstić information content (AvgIpc) is 2.71. The number of carbonyl (C=O) groups is 1. The van der Waals surface area contributed by atoms with Gasteiger partial charge in [0.2, 0.25) is 0 Å². The average molecular weight is 214 g/mol. The first-order valence-electron chi connectivity index (χ1n) is 5.23. The van der Waals surface area contributed by atoms with Crippen molar-refractivity contribution < 1.29 is 4.79 Å². The third-order valence-corrected chi connectivity index (χ3v) is 2.70. The highest BCUT2D eigenvalue weighted by Gasteiger charge is 2.04. The fraction of sp³-hybridized carbons (Fsp3) is 0.231. The highest BCUT2D eigenvalue weighted by molar-refractivity contribution is 5.69. The van der Waals surface area contributed by atoms with Gasteiger partial charge in [0.1, 0.15) is 0 Å². The summed E-state index contributed by atoms with van der Waals surface area (Å²) >= 11 is 0. The Labute approximate surface area is 94.7 Å². The van der Waals surface area contributed by atoms with E-state index in [2.05, 4.69) is 37.0 Å². The van der Waals surface area contributed by atoms with Crippen molar-refractivity contribution in [2.45, 2.75) is 20.4 Å². The van der Waals surface area contributed by atoms with Crippen molar-refractivity contribution in [1.29, 1.82) is 0 Å². The van der Waals surface area contributed by atoms with Gasteiger partial charge in [-0.25, -0.2) is 4.98 Å². The number of hydrogen-bond donors (Lipinski definition) is 0. The van der Waals surface area contributed by atoms with E-state index in [1.54, 1.807) is 6.20 Å². The van der Waals surface area contributed by atoms with Gasteiger partial charge in [-0.05, 0) is 25.0 Å². The quantitative estimate of drug-likeness (QED) is 0.735. The lowest BCUT2D eigenvalue weighted by molar-refractivity contribution is 0.111. The van der Waals surface area contributed by atoms with Crippen LogP contribution in [-0.2, 0) is 6.54 Å². The first kappa shape index (κ1) is 10.6. The fourth-order valence-corrected chi connectivity index (χ4v) is 1.73. The van der Waals surface area contributed by atoms with E-state index in [1.165, 1.54) is 16.7 Å². The van der Waals surface area contributed by atoms with Crippen LogP contribution >= 0.6 is 0 Å². The van der Waals surface area contributed by atoms with E-state index in [9.17, 15) is 4.79 Å². The van der Waals surface area contributed by atoms with Gasteiger partial charge in [0.15, 0.2) is 12.1 Å². The summed E-state index contributed by atoms with van der Waals surface area (Å²) in [5, 5.41) is 0. The summed E-state index contributed by atoms with van der Waals surface area (Å²) in [7, 11) is 0. The molecule has 3 heteroatoms. The van der Waals surface area contributed by atoms with Crippen molar-refractivity contribution in [3.63, 3.8) is 0 Å². The van der Waals surface area contributed by atoms with E-state index in [4.69, 9.17) is 0 Å². The van der Waals surface area contributed by atoms with Crippen LogP contribution in [-0.4, -0.2) is 15.8 Å². The molecule has 1 aromatic carbocycles. The largest absolute Gasteiger partial charge is 0.324 e. The summed E-state index contributed by atoms with van der Waals surface area (Å²) in [6.45, 7) is 4.84. The van der Waals surface area contributed by atoms with Crippen LogP contribution in [0.3, 0.4) is 0 Å². The van der Waals surface area contributed by atoms with Crippen LogP contribution in [0.25, 0.3) is 0 Å². The first-order chi connectivity index (χ1) is 7.70. The van der Waals surface area contributed by atoms with Gasteiger partial charge in [0.05, 0.1) is 0 Å². The molecule has 0 aliphatic rings. The summed E-state index contributed by atoms with van der Waals surface area (Å²) in [6, 6.07) is 6.33. The molecular formula is C13H14N2O. The minimum absolute atomic E-state index is 0.473. The molecule has 2 aromatic rings. The molecular weight excluding hydrogens is 200 g/mol. The molecule has 82 valence electrons. The lowest BCUT2D eigenvalue weighted by atomic mass is 10.1. The van der Waals surface area contributed by atoms with Gasteiger partial charge in [-0.1, -0.05) is 23.8 Å². The Balaban J connectivity index is 2.33. The zero-order chi connectivity index (χ0) is 11.5. The normalized spacial score (nSPS) is 10.4. The standard InChI is InChI=1S/C13H14N2O/c1-10-3-4-11(2)12(7-10)8-15-6-5-14-13(15)9-16/h3-7,9H,8H2,1-2H3. The molecule has 0 amide bonds. The zero-order valence-electron chi connectivity index (χ0n) is 9.47. The van der Waals surface area contributed by atoms with E-state index < -0.39 is 0 Å². The van der Waals surface area contributed by atoms with Crippen LogP contribution in [0.1, 0.15) is 27.3 Å². The maximum Gasteiger partial charge on any atom is 0.185 e. The Hall–Kier alpha value is -1.90. The number of aryl methyl sites for hydroxylation is 2. The summed E-state index contributed by atoms with van der Waals surface area (Å²) < 4.78 is 1.86. The molecule has 3 nitrogen and oxygen atoms in total. The van der Waals surface area contributed by atoms with Crippen molar-refractivity contribution in [1.82, 2.24) is 9.55 Å². The molecule has 0 fully saturated rings. The highest BCUT2D eigenvalue weighted by atomic mass is 16.1. The van der Waals surface area contributed by atoms with Crippen LogP contribution in [0.15, 0.2) is 30.6 Å². The molecule has 2 rings (SSSR count). The molecule has 0 N–H and O–H groups in total. The van der Waals surface area contributed by atoms with Crippen LogP contribution < -0.4 is 0 Å². The van der Waals surface area contributed by atoms with E-state index in [0.29, 0.717) is 12.4 Å². The molecule has 0 aliphatic heterocycles. The maximum atomic E-state index is 10.7. The Bertz CT molecular complexity index is 514. The molecule has 1 heterocycles. The number of carbonyl (C=O) groups excluding carboxylic acids is 1. The predicted molar refractivity (Wildman–Crippen MR) is 62.6 cm³/mol. The molecule has 0 saturated carbocycles. The van der Waals surface area contributed by atoms with Crippen molar-refractivity contribution in [3.05, 3.63) is 53.1 Å². The van der Waals surface area contributed by atoms with E-state index in [-0.39, 0.29) is 0 Å².